The molecule has 1 saturated carbocycles. The molecule has 1 aliphatic carbocycles. The van der Waals surface area contributed by atoms with Gasteiger partial charge in [0.05, 0.1) is 0 Å². The zero-order valence-corrected chi connectivity index (χ0v) is 15.7. The van der Waals surface area contributed by atoms with Crippen LogP contribution in [0, 0.1) is 6.92 Å². The van der Waals surface area contributed by atoms with Gasteiger partial charge in [-0.1, -0.05) is 30.8 Å². The number of rotatable bonds is 6. The van der Waals surface area contributed by atoms with Crippen molar-refractivity contribution in [2.75, 3.05) is 6.54 Å². The highest BCUT2D eigenvalue weighted by atomic mass is 32.1. The third-order valence-electron chi connectivity index (χ3n) is 4.71. The molecule has 0 aliphatic heterocycles. The molecule has 2 heterocycles. The lowest BCUT2D eigenvalue weighted by atomic mass is 9.89. The predicted molar refractivity (Wildman–Crippen MR) is 97.8 cm³/mol. The molecule has 0 radical (unpaired) electrons. The zero-order valence-electron chi connectivity index (χ0n) is 14.9. The second-order valence-corrected chi connectivity index (χ2v) is 7.48. The van der Waals surface area contributed by atoms with E-state index in [0.717, 1.165) is 38.5 Å². The fraction of sp³-hybridized carbons (Fsp3) is 0.556. The summed E-state index contributed by atoms with van der Waals surface area (Å²) in [7, 11) is 0. The summed E-state index contributed by atoms with van der Waals surface area (Å²) >= 11 is 1.47. The molecule has 0 spiro atoms. The summed E-state index contributed by atoms with van der Waals surface area (Å²) in [4.78, 5) is 28.9. The molecule has 2 N–H and O–H groups in total. The lowest BCUT2D eigenvalue weighted by Gasteiger charge is -2.30. The summed E-state index contributed by atoms with van der Waals surface area (Å²) in [5, 5.41) is 13.6. The Labute approximate surface area is 156 Å². The van der Waals surface area contributed by atoms with Gasteiger partial charge in [0, 0.05) is 30.8 Å². The Morgan fingerprint density at radius 1 is 1.27 bits per heavy atom. The highest BCUT2D eigenvalue weighted by molar-refractivity contribution is 7.08. The van der Waals surface area contributed by atoms with Gasteiger partial charge in [0.15, 0.2) is 5.82 Å². The predicted octanol–water partition coefficient (Wildman–Crippen LogP) is 2.93. The van der Waals surface area contributed by atoms with Gasteiger partial charge in [-0.25, -0.2) is 0 Å². The Bertz CT molecular complexity index is 733. The van der Waals surface area contributed by atoms with Crippen molar-refractivity contribution in [2.45, 2.75) is 57.4 Å². The van der Waals surface area contributed by atoms with Crippen LogP contribution in [0.2, 0.25) is 0 Å². The lowest BCUT2D eigenvalue weighted by Crippen LogP contribution is -2.47. The van der Waals surface area contributed by atoms with Crippen LogP contribution in [0.15, 0.2) is 21.3 Å². The maximum absolute atomic E-state index is 12.5. The zero-order chi connectivity index (χ0) is 18.4. The van der Waals surface area contributed by atoms with Gasteiger partial charge in [0.25, 0.3) is 5.91 Å². The number of thiophene rings is 1. The summed E-state index contributed by atoms with van der Waals surface area (Å²) in [6, 6.07) is 1.76. The maximum Gasteiger partial charge on any atom is 0.252 e. The standard InChI is InChI=1S/C18H24N4O3S/c1-13-20-17(22-25-13)18(8-4-2-3-5-9-18)21-15(23)6-10-19-16(24)14-7-11-26-12-14/h7,11-12H,2-6,8-10H2,1H3,(H,19,24)(H,21,23). The van der Waals surface area contributed by atoms with Gasteiger partial charge in [0.1, 0.15) is 5.54 Å². The van der Waals surface area contributed by atoms with Crippen molar-refractivity contribution in [2.24, 2.45) is 0 Å². The van der Waals surface area contributed by atoms with E-state index >= 15 is 0 Å². The number of carbonyl (C=O) groups is 2. The fourth-order valence-corrected chi connectivity index (χ4v) is 3.98. The Morgan fingerprint density at radius 3 is 2.65 bits per heavy atom. The van der Waals surface area contributed by atoms with Gasteiger partial charge < -0.3 is 15.2 Å². The van der Waals surface area contributed by atoms with Crippen LogP contribution in [-0.2, 0) is 10.3 Å². The van der Waals surface area contributed by atoms with Gasteiger partial charge in [-0.2, -0.15) is 16.3 Å². The normalized spacial score (nSPS) is 16.7. The fourth-order valence-electron chi connectivity index (χ4n) is 3.34. The third kappa shape index (κ3) is 4.49. The van der Waals surface area contributed by atoms with E-state index < -0.39 is 5.54 Å². The van der Waals surface area contributed by atoms with Crippen LogP contribution in [0.3, 0.4) is 0 Å². The molecule has 3 rings (SSSR count). The third-order valence-corrected chi connectivity index (χ3v) is 5.40. The van der Waals surface area contributed by atoms with Crippen LogP contribution < -0.4 is 10.6 Å². The van der Waals surface area contributed by atoms with Crippen molar-refractivity contribution >= 4 is 23.2 Å². The number of hydrogen-bond donors (Lipinski definition) is 2. The number of nitrogens with zero attached hydrogens (tertiary/aromatic N) is 2. The lowest BCUT2D eigenvalue weighted by molar-refractivity contribution is -0.123. The molecule has 0 aromatic carbocycles. The maximum atomic E-state index is 12.5. The first-order valence-electron chi connectivity index (χ1n) is 9.01. The Kier molecular flexibility index (Phi) is 6.03. The van der Waals surface area contributed by atoms with Gasteiger partial charge in [-0.3, -0.25) is 9.59 Å². The molecule has 0 unspecified atom stereocenters. The smallest absolute Gasteiger partial charge is 0.252 e. The van der Waals surface area contributed by atoms with E-state index in [9.17, 15) is 9.59 Å². The first kappa shape index (κ1) is 18.6. The molecular formula is C18H24N4O3S. The molecule has 0 bridgehead atoms. The molecule has 8 heteroatoms. The molecule has 140 valence electrons. The second-order valence-electron chi connectivity index (χ2n) is 6.70. The molecule has 7 nitrogen and oxygen atoms in total. The minimum atomic E-state index is -0.567. The van der Waals surface area contributed by atoms with E-state index in [1.54, 1.807) is 18.4 Å². The quantitative estimate of drug-likeness (QED) is 0.756. The summed E-state index contributed by atoms with van der Waals surface area (Å²) in [5.74, 6) is 0.797. The minimum absolute atomic E-state index is 0.111. The second kappa shape index (κ2) is 8.44. The van der Waals surface area contributed by atoms with Crippen molar-refractivity contribution in [1.82, 2.24) is 20.8 Å². The Morgan fingerprint density at radius 2 is 2.04 bits per heavy atom. The van der Waals surface area contributed by atoms with E-state index in [2.05, 4.69) is 20.8 Å². The van der Waals surface area contributed by atoms with Gasteiger partial charge >= 0.3 is 0 Å². The monoisotopic (exact) mass is 376 g/mol. The number of aryl methyl sites for hydroxylation is 1. The number of amides is 2. The molecule has 2 amide bonds. The summed E-state index contributed by atoms with van der Waals surface area (Å²) in [5.41, 5.74) is 0.0563. The summed E-state index contributed by atoms with van der Waals surface area (Å²) < 4.78 is 5.15. The van der Waals surface area contributed by atoms with E-state index in [4.69, 9.17) is 4.52 Å². The minimum Gasteiger partial charge on any atom is -0.351 e. The van der Waals surface area contributed by atoms with E-state index in [-0.39, 0.29) is 18.2 Å². The van der Waals surface area contributed by atoms with Crippen LogP contribution in [-0.4, -0.2) is 28.5 Å². The molecule has 2 aromatic heterocycles. The molecular weight excluding hydrogens is 352 g/mol. The Balaban J connectivity index is 1.59. The largest absolute Gasteiger partial charge is 0.351 e. The van der Waals surface area contributed by atoms with Crippen LogP contribution in [0.5, 0.6) is 0 Å². The van der Waals surface area contributed by atoms with Crippen molar-refractivity contribution in [1.29, 1.82) is 0 Å². The first-order valence-corrected chi connectivity index (χ1v) is 9.95. The number of nitrogens with one attached hydrogen (secondary N) is 2. The van der Waals surface area contributed by atoms with E-state index in [1.165, 1.54) is 11.3 Å². The SMILES string of the molecule is Cc1nc(C2(NC(=O)CCNC(=O)c3ccsc3)CCCCCC2)no1. The molecule has 1 fully saturated rings. The summed E-state index contributed by atoms with van der Waals surface area (Å²) in [6.07, 6.45) is 6.15. The topological polar surface area (TPSA) is 97.1 Å². The van der Waals surface area contributed by atoms with E-state index in [0.29, 0.717) is 23.8 Å². The highest BCUT2D eigenvalue weighted by Gasteiger charge is 2.38. The highest BCUT2D eigenvalue weighted by Crippen LogP contribution is 2.34. The van der Waals surface area contributed by atoms with Gasteiger partial charge in [0.2, 0.25) is 11.8 Å². The van der Waals surface area contributed by atoms with Crippen molar-refractivity contribution < 1.29 is 14.1 Å². The Hall–Kier alpha value is -2.22. The van der Waals surface area contributed by atoms with Crippen molar-refractivity contribution in [3.63, 3.8) is 0 Å². The van der Waals surface area contributed by atoms with Crippen LogP contribution >= 0.6 is 11.3 Å². The van der Waals surface area contributed by atoms with Crippen molar-refractivity contribution in [3.8, 4) is 0 Å². The number of carbonyl (C=O) groups excluding carboxylic acids is 2. The number of aromatic nitrogens is 2. The molecule has 2 aromatic rings. The first-order chi connectivity index (χ1) is 12.6. The van der Waals surface area contributed by atoms with Crippen LogP contribution in [0.4, 0.5) is 0 Å². The molecule has 1 aliphatic rings. The van der Waals surface area contributed by atoms with Gasteiger partial charge in [-0.15, -0.1) is 0 Å². The average Bonchev–Trinajstić information content (AvgIpc) is 3.24. The molecule has 26 heavy (non-hydrogen) atoms. The summed E-state index contributed by atoms with van der Waals surface area (Å²) in [6.45, 7) is 2.05. The number of hydrogen-bond acceptors (Lipinski definition) is 6. The molecule has 0 atom stereocenters. The van der Waals surface area contributed by atoms with Crippen molar-refractivity contribution in [3.05, 3.63) is 34.1 Å². The van der Waals surface area contributed by atoms with Crippen LogP contribution in [0.25, 0.3) is 0 Å². The van der Waals surface area contributed by atoms with E-state index in [1.807, 2.05) is 5.38 Å². The molecule has 0 saturated heterocycles. The van der Waals surface area contributed by atoms with Gasteiger partial charge in [-0.05, 0) is 24.3 Å². The average molecular weight is 376 g/mol. The van der Waals surface area contributed by atoms with Crippen LogP contribution in [0.1, 0.15) is 67.0 Å².